The SMILES string of the molecule is OCC1(N2CCCNCC2)CCN(c2ccccc2)CC1. The molecule has 2 heterocycles. The van der Waals surface area contributed by atoms with E-state index in [0.29, 0.717) is 0 Å². The van der Waals surface area contributed by atoms with Gasteiger partial charge < -0.3 is 15.3 Å². The second-order valence-corrected chi connectivity index (χ2v) is 6.30. The minimum Gasteiger partial charge on any atom is -0.394 e. The van der Waals surface area contributed by atoms with Gasteiger partial charge in [0.05, 0.1) is 6.61 Å². The molecule has 0 amide bonds. The molecule has 0 spiro atoms. The summed E-state index contributed by atoms with van der Waals surface area (Å²) in [4.78, 5) is 4.99. The Morgan fingerprint density at radius 3 is 2.48 bits per heavy atom. The zero-order valence-electron chi connectivity index (χ0n) is 12.8. The molecule has 0 bridgehead atoms. The number of anilines is 1. The molecule has 116 valence electrons. The van der Waals surface area contributed by atoms with Crippen molar-refractivity contribution in [3.05, 3.63) is 30.3 Å². The molecule has 2 aliphatic heterocycles. The monoisotopic (exact) mass is 289 g/mol. The fraction of sp³-hybridized carbons (Fsp3) is 0.647. The Labute approximate surface area is 127 Å². The van der Waals surface area contributed by atoms with Gasteiger partial charge in [0.25, 0.3) is 0 Å². The number of para-hydroxylation sites is 1. The highest BCUT2D eigenvalue weighted by Crippen LogP contribution is 2.31. The Balaban J connectivity index is 1.66. The zero-order chi connectivity index (χ0) is 14.5. The Bertz CT molecular complexity index is 421. The standard InChI is InChI=1S/C17H27N3O/c21-15-17(20-11-4-9-18-10-14-20)7-12-19(13-8-17)16-5-2-1-3-6-16/h1-3,5-6,18,21H,4,7-15H2. The van der Waals surface area contributed by atoms with Crippen molar-refractivity contribution in [3.63, 3.8) is 0 Å². The van der Waals surface area contributed by atoms with Gasteiger partial charge in [-0.1, -0.05) is 18.2 Å². The first-order valence-corrected chi connectivity index (χ1v) is 8.21. The van der Waals surface area contributed by atoms with Crippen molar-refractivity contribution < 1.29 is 5.11 Å². The van der Waals surface area contributed by atoms with Crippen LogP contribution in [0.1, 0.15) is 19.3 Å². The maximum atomic E-state index is 10.1. The Kier molecular flexibility index (Phi) is 4.78. The van der Waals surface area contributed by atoms with Gasteiger partial charge in [0.15, 0.2) is 0 Å². The van der Waals surface area contributed by atoms with Crippen LogP contribution in [0.3, 0.4) is 0 Å². The predicted molar refractivity (Wildman–Crippen MR) is 86.8 cm³/mol. The van der Waals surface area contributed by atoms with Gasteiger partial charge in [0, 0.05) is 44.0 Å². The van der Waals surface area contributed by atoms with E-state index in [2.05, 4.69) is 45.4 Å². The minimum absolute atomic E-state index is 0.00268. The highest BCUT2D eigenvalue weighted by atomic mass is 16.3. The van der Waals surface area contributed by atoms with E-state index in [1.54, 1.807) is 0 Å². The van der Waals surface area contributed by atoms with Crippen molar-refractivity contribution in [2.24, 2.45) is 0 Å². The van der Waals surface area contributed by atoms with Crippen LogP contribution in [-0.2, 0) is 0 Å². The number of hydrogen-bond acceptors (Lipinski definition) is 4. The molecular formula is C17H27N3O. The molecule has 0 radical (unpaired) electrons. The smallest absolute Gasteiger partial charge is 0.0616 e. The fourth-order valence-corrected chi connectivity index (χ4v) is 3.71. The molecule has 0 aliphatic carbocycles. The van der Waals surface area contributed by atoms with E-state index >= 15 is 0 Å². The lowest BCUT2D eigenvalue weighted by atomic mass is 9.85. The Morgan fingerprint density at radius 2 is 1.76 bits per heavy atom. The summed E-state index contributed by atoms with van der Waals surface area (Å²) in [7, 11) is 0. The molecule has 21 heavy (non-hydrogen) atoms. The summed E-state index contributed by atoms with van der Waals surface area (Å²) in [6, 6.07) is 10.6. The van der Waals surface area contributed by atoms with E-state index in [9.17, 15) is 5.11 Å². The summed E-state index contributed by atoms with van der Waals surface area (Å²) >= 11 is 0. The summed E-state index contributed by atoms with van der Waals surface area (Å²) in [6.45, 7) is 6.68. The van der Waals surface area contributed by atoms with Gasteiger partial charge in [-0.2, -0.15) is 0 Å². The van der Waals surface area contributed by atoms with Crippen molar-refractivity contribution >= 4 is 5.69 Å². The first kappa shape index (κ1) is 14.8. The van der Waals surface area contributed by atoms with E-state index in [-0.39, 0.29) is 12.1 Å². The third-order valence-electron chi connectivity index (χ3n) is 5.12. The average Bonchev–Trinajstić information content (AvgIpc) is 2.85. The Morgan fingerprint density at radius 1 is 1.00 bits per heavy atom. The molecule has 0 aromatic heterocycles. The van der Waals surface area contributed by atoms with Crippen molar-refractivity contribution in [2.75, 3.05) is 50.8 Å². The van der Waals surface area contributed by atoms with Gasteiger partial charge in [-0.25, -0.2) is 0 Å². The molecule has 1 aromatic rings. The molecule has 2 saturated heterocycles. The average molecular weight is 289 g/mol. The molecule has 1 aromatic carbocycles. The second-order valence-electron chi connectivity index (χ2n) is 6.30. The van der Waals surface area contributed by atoms with Crippen molar-refractivity contribution in [3.8, 4) is 0 Å². The molecule has 4 nitrogen and oxygen atoms in total. The van der Waals surface area contributed by atoms with Gasteiger partial charge in [0.2, 0.25) is 0 Å². The maximum Gasteiger partial charge on any atom is 0.0616 e. The lowest BCUT2D eigenvalue weighted by Crippen LogP contribution is -2.58. The molecule has 0 unspecified atom stereocenters. The van der Waals surface area contributed by atoms with Crippen molar-refractivity contribution in [2.45, 2.75) is 24.8 Å². The number of nitrogens with one attached hydrogen (secondary N) is 1. The third kappa shape index (κ3) is 3.23. The van der Waals surface area contributed by atoms with E-state index in [1.165, 1.54) is 12.1 Å². The quantitative estimate of drug-likeness (QED) is 0.880. The van der Waals surface area contributed by atoms with Crippen LogP contribution in [0.4, 0.5) is 5.69 Å². The summed E-state index contributed by atoms with van der Waals surface area (Å²) < 4.78 is 0. The first-order chi connectivity index (χ1) is 10.3. The first-order valence-electron chi connectivity index (χ1n) is 8.21. The molecular weight excluding hydrogens is 262 g/mol. The summed E-state index contributed by atoms with van der Waals surface area (Å²) in [5.74, 6) is 0. The van der Waals surface area contributed by atoms with Gasteiger partial charge in [-0.15, -0.1) is 0 Å². The highest BCUT2D eigenvalue weighted by Gasteiger charge is 2.39. The van der Waals surface area contributed by atoms with Crippen LogP contribution in [-0.4, -0.2) is 61.4 Å². The fourth-order valence-electron chi connectivity index (χ4n) is 3.71. The molecule has 0 atom stereocenters. The summed E-state index contributed by atoms with van der Waals surface area (Å²) in [5.41, 5.74) is 1.30. The van der Waals surface area contributed by atoms with Gasteiger partial charge >= 0.3 is 0 Å². The van der Waals surface area contributed by atoms with E-state index in [4.69, 9.17) is 0 Å². The highest BCUT2D eigenvalue weighted by molar-refractivity contribution is 5.46. The molecule has 2 N–H and O–H groups in total. The molecule has 2 fully saturated rings. The van der Waals surface area contributed by atoms with Crippen LogP contribution in [0.5, 0.6) is 0 Å². The second kappa shape index (κ2) is 6.77. The number of rotatable bonds is 3. The maximum absolute atomic E-state index is 10.1. The molecule has 4 heteroatoms. The van der Waals surface area contributed by atoms with Gasteiger partial charge in [-0.3, -0.25) is 4.90 Å². The normalized spacial score (nSPS) is 23.8. The largest absolute Gasteiger partial charge is 0.394 e. The van der Waals surface area contributed by atoms with E-state index in [1.807, 2.05) is 0 Å². The molecule has 2 aliphatic rings. The zero-order valence-corrected chi connectivity index (χ0v) is 12.8. The number of aliphatic hydroxyl groups is 1. The topological polar surface area (TPSA) is 38.7 Å². The van der Waals surface area contributed by atoms with Crippen LogP contribution >= 0.6 is 0 Å². The lowest BCUT2D eigenvalue weighted by Gasteiger charge is -2.48. The van der Waals surface area contributed by atoms with Crippen LogP contribution in [0, 0.1) is 0 Å². The van der Waals surface area contributed by atoms with Crippen LogP contribution in [0.15, 0.2) is 30.3 Å². The molecule has 0 saturated carbocycles. The Hall–Kier alpha value is -1.10. The molecule has 3 rings (SSSR count). The number of hydrogen-bond donors (Lipinski definition) is 2. The number of benzene rings is 1. The number of nitrogens with zero attached hydrogens (tertiary/aromatic N) is 2. The summed E-state index contributed by atoms with van der Waals surface area (Å²) in [5, 5.41) is 13.5. The number of piperidine rings is 1. The van der Waals surface area contributed by atoms with Crippen LogP contribution < -0.4 is 10.2 Å². The minimum atomic E-state index is -0.00268. The van der Waals surface area contributed by atoms with Crippen molar-refractivity contribution in [1.82, 2.24) is 10.2 Å². The lowest BCUT2D eigenvalue weighted by molar-refractivity contribution is 0.0143. The third-order valence-corrected chi connectivity index (χ3v) is 5.12. The number of aliphatic hydroxyl groups excluding tert-OH is 1. The summed E-state index contributed by atoms with van der Waals surface area (Å²) in [6.07, 6.45) is 3.29. The van der Waals surface area contributed by atoms with E-state index < -0.39 is 0 Å². The van der Waals surface area contributed by atoms with Crippen molar-refractivity contribution in [1.29, 1.82) is 0 Å². The van der Waals surface area contributed by atoms with Crippen LogP contribution in [0.2, 0.25) is 0 Å². The van der Waals surface area contributed by atoms with Gasteiger partial charge in [-0.05, 0) is 37.9 Å². The van der Waals surface area contributed by atoms with E-state index in [0.717, 1.165) is 52.1 Å². The predicted octanol–water partition coefficient (Wildman–Crippen LogP) is 1.31. The van der Waals surface area contributed by atoms with Gasteiger partial charge in [0.1, 0.15) is 0 Å². The van der Waals surface area contributed by atoms with Crippen LogP contribution in [0.25, 0.3) is 0 Å².